The fourth-order valence-electron chi connectivity index (χ4n) is 2.70. The molecule has 1 unspecified atom stereocenters. The van der Waals surface area contributed by atoms with E-state index in [2.05, 4.69) is 14.5 Å². The molecule has 0 amide bonds. The summed E-state index contributed by atoms with van der Waals surface area (Å²) < 4.78 is 8.82. The molecule has 1 atom stereocenters. The summed E-state index contributed by atoms with van der Waals surface area (Å²) in [6.45, 7) is 6.77. The van der Waals surface area contributed by atoms with Gasteiger partial charge in [0.2, 0.25) is 0 Å². The van der Waals surface area contributed by atoms with Crippen LogP contribution in [0, 0.1) is 11.3 Å². The Morgan fingerprint density at radius 3 is 3.05 bits per heavy atom. The van der Waals surface area contributed by atoms with Gasteiger partial charge in [-0.3, -0.25) is 9.69 Å². The fraction of sp³-hybridized carbons (Fsp3) is 0.769. The van der Waals surface area contributed by atoms with E-state index in [0.29, 0.717) is 5.92 Å². The van der Waals surface area contributed by atoms with Crippen molar-refractivity contribution in [2.75, 3.05) is 20.2 Å². The van der Waals surface area contributed by atoms with Crippen LogP contribution in [-0.4, -0.2) is 40.7 Å². The SMILES string of the molecule is COC(=O)C(C)(C)C1CCCN(Cc2csnn2)C1. The molecular formula is C13H21N3O2S. The summed E-state index contributed by atoms with van der Waals surface area (Å²) in [5.74, 6) is 0.218. The van der Waals surface area contributed by atoms with Gasteiger partial charge in [-0.1, -0.05) is 4.49 Å². The van der Waals surface area contributed by atoms with Gasteiger partial charge in [0, 0.05) is 18.5 Å². The number of rotatable bonds is 4. The van der Waals surface area contributed by atoms with Crippen LogP contribution in [0.15, 0.2) is 5.38 Å². The smallest absolute Gasteiger partial charge is 0.311 e. The highest BCUT2D eigenvalue weighted by Gasteiger charge is 2.39. The highest BCUT2D eigenvalue weighted by molar-refractivity contribution is 7.03. The molecule has 1 aromatic rings. The molecule has 6 heteroatoms. The van der Waals surface area contributed by atoms with Gasteiger partial charge >= 0.3 is 5.97 Å². The first-order valence-corrected chi connectivity index (χ1v) is 7.44. The molecule has 1 aliphatic rings. The van der Waals surface area contributed by atoms with Gasteiger partial charge in [0.1, 0.15) is 0 Å². The molecule has 1 fully saturated rings. The Labute approximate surface area is 118 Å². The van der Waals surface area contributed by atoms with Crippen LogP contribution in [0.5, 0.6) is 0 Å². The van der Waals surface area contributed by atoms with E-state index in [-0.39, 0.29) is 5.97 Å². The Balaban J connectivity index is 1.98. The average Bonchev–Trinajstić information content (AvgIpc) is 2.91. The van der Waals surface area contributed by atoms with Crippen molar-refractivity contribution in [2.45, 2.75) is 33.2 Å². The lowest BCUT2D eigenvalue weighted by molar-refractivity contribution is -0.155. The van der Waals surface area contributed by atoms with Crippen LogP contribution in [-0.2, 0) is 16.1 Å². The number of ether oxygens (including phenoxy) is 1. The molecule has 0 saturated carbocycles. The van der Waals surface area contributed by atoms with Crippen molar-refractivity contribution in [3.63, 3.8) is 0 Å². The molecule has 1 saturated heterocycles. The van der Waals surface area contributed by atoms with Gasteiger partial charge in [-0.2, -0.15) is 0 Å². The lowest BCUT2D eigenvalue weighted by Crippen LogP contribution is -2.44. The molecule has 0 aromatic carbocycles. The normalized spacial score (nSPS) is 21.3. The Bertz CT molecular complexity index is 420. The zero-order valence-electron chi connectivity index (χ0n) is 11.8. The first kappa shape index (κ1) is 14.4. The number of hydrogen-bond donors (Lipinski definition) is 0. The molecule has 0 spiro atoms. The largest absolute Gasteiger partial charge is 0.469 e. The molecule has 1 aliphatic heterocycles. The molecule has 2 heterocycles. The third-order valence-corrected chi connectivity index (χ3v) is 4.58. The number of carbonyl (C=O) groups is 1. The first-order valence-electron chi connectivity index (χ1n) is 6.60. The topological polar surface area (TPSA) is 55.3 Å². The van der Waals surface area contributed by atoms with Crippen molar-refractivity contribution in [1.29, 1.82) is 0 Å². The third-order valence-electron chi connectivity index (χ3n) is 4.03. The third kappa shape index (κ3) is 3.30. The Morgan fingerprint density at radius 1 is 1.63 bits per heavy atom. The van der Waals surface area contributed by atoms with Crippen molar-refractivity contribution in [3.05, 3.63) is 11.1 Å². The summed E-state index contributed by atoms with van der Waals surface area (Å²) in [6, 6.07) is 0. The molecule has 0 aliphatic carbocycles. The van der Waals surface area contributed by atoms with Gasteiger partial charge in [0.15, 0.2) is 0 Å². The zero-order chi connectivity index (χ0) is 13.9. The molecule has 0 radical (unpaired) electrons. The minimum Gasteiger partial charge on any atom is -0.469 e. The van der Waals surface area contributed by atoms with E-state index in [1.165, 1.54) is 18.6 Å². The standard InChI is InChI=1S/C13H21N3O2S/c1-13(2,12(17)18-3)10-5-4-6-16(7-10)8-11-9-19-15-14-11/h9-10H,4-8H2,1-3H3. The molecule has 1 aromatic heterocycles. The first-order chi connectivity index (χ1) is 9.04. The van der Waals surface area contributed by atoms with E-state index in [0.717, 1.165) is 38.2 Å². The maximum Gasteiger partial charge on any atom is 0.311 e. The molecular weight excluding hydrogens is 262 g/mol. The summed E-state index contributed by atoms with van der Waals surface area (Å²) in [7, 11) is 1.46. The van der Waals surface area contributed by atoms with Crippen molar-refractivity contribution >= 4 is 17.5 Å². The van der Waals surface area contributed by atoms with Crippen LogP contribution < -0.4 is 0 Å². The van der Waals surface area contributed by atoms with Crippen LogP contribution in [0.1, 0.15) is 32.4 Å². The number of hydrogen-bond acceptors (Lipinski definition) is 6. The average molecular weight is 283 g/mol. The van der Waals surface area contributed by atoms with Crippen molar-refractivity contribution in [2.24, 2.45) is 11.3 Å². The van der Waals surface area contributed by atoms with Crippen LogP contribution in [0.4, 0.5) is 0 Å². The zero-order valence-corrected chi connectivity index (χ0v) is 12.6. The maximum absolute atomic E-state index is 11.9. The minimum atomic E-state index is -0.423. The van der Waals surface area contributed by atoms with Crippen LogP contribution in [0.2, 0.25) is 0 Å². The van der Waals surface area contributed by atoms with Gasteiger partial charge < -0.3 is 4.74 Å². The number of esters is 1. The van der Waals surface area contributed by atoms with Crippen molar-refractivity contribution < 1.29 is 9.53 Å². The highest BCUT2D eigenvalue weighted by atomic mass is 32.1. The summed E-state index contributed by atoms with van der Waals surface area (Å²) in [6.07, 6.45) is 2.19. The fourth-order valence-corrected chi connectivity index (χ4v) is 3.14. The van der Waals surface area contributed by atoms with E-state index in [4.69, 9.17) is 4.74 Å². The van der Waals surface area contributed by atoms with Crippen LogP contribution in [0.25, 0.3) is 0 Å². The predicted molar refractivity (Wildman–Crippen MR) is 73.7 cm³/mol. The van der Waals surface area contributed by atoms with Crippen LogP contribution in [0.3, 0.4) is 0 Å². The number of likely N-dealkylation sites (tertiary alicyclic amines) is 1. The molecule has 2 rings (SSSR count). The van der Waals surface area contributed by atoms with E-state index < -0.39 is 5.41 Å². The van der Waals surface area contributed by atoms with E-state index in [1.807, 2.05) is 19.2 Å². The second-order valence-electron chi connectivity index (χ2n) is 5.68. The van der Waals surface area contributed by atoms with Gasteiger partial charge in [-0.05, 0) is 50.7 Å². The quantitative estimate of drug-likeness (QED) is 0.791. The summed E-state index contributed by atoms with van der Waals surface area (Å²) in [5, 5.41) is 6.07. The number of nitrogens with zero attached hydrogens (tertiary/aromatic N) is 3. The Hall–Kier alpha value is -1.01. The predicted octanol–water partition coefficient (Wildman–Crippen LogP) is 1.95. The van der Waals surface area contributed by atoms with Gasteiger partial charge in [-0.15, -0.1) is 5.10 Å². The maximum atomic E-state index is 11.9. The monoisotopic (exact) mass is 283 g/mol. The summed E-state index contributed by atoms with van der Waals surface area (Å²) in [5.41, 5.74) is 0.592. The lowest BCUT2D eigenvalue weighted by Gasteiger charge is -2.39. The summed E-state index contributed by atoms with van der Waals surface area (Å²) in [4.78, 5) is 14.3. The molecule has 0 N–H and O–H groups in total. The number of methoxy groups -OCH3 is 1. The van der Waals surface area contributed by atoms with Crippen molar-refractivity contribution in [1.82, 2.24) is 14.5 Å². The van der Waals surface area contributed by atoms with E-state index >= 15 is 0 Å². The Kier molecular flexibility index (Phi) is 4.52. The second kappa shape index (κ2) is 5.96. The minimum absolute atomic E-state index is 0.116. The Morgan fingerprint density at radius 2 is 2.42 bits per heavy atom. The second-order valence-corrected chi connectivity index (χ2v) is 6.29. The molecule has 0 bridgehead atoms. The van der Waals surface area contributed by atoms with Gasteiger partial charge in [0.25, 0.3) is 0 Å². The highest BCUT2D eigenvalue weighted by Crippen LogP contribution is 2.35. The number of aromatic nitrogens is 2. The van der Waals surface area contributed by atoms with Gasteiger partial charge in [0.05, 0.1) is 18.2 Å². The molecule has 106 valence electrons. The lowest BCUT2D eigenvalue weighted by atomic mass is 9.74. The van der Waals surface area contributed by atoms with Crippen LogP contribution >= 0.6 is 11.5 Å². The van der Waals surface area contributed by atoms with Crippen molar-refractivity contribution in [3.8, 4) is 0 Å². The van der Waals surface area contributed by atoms with Gasteiger partial charge in [-0.25, -0.2) is 0 Å². The van der Waals surface area contributed by atoms with E-state index in [9.17, 15) is 4.79 Å². The number of carbonyl (C=O) groups excluding carboxylic acids is 1. The number of piperidine rings is 1. The summed E-state index contributed by atoms with van der Waals surface area (Å²) >= 11 is 1.38. The molecule has 19 heavy (non-hydrogen) atoms. The van der Waals surface area contributed by atoms with E-state index in [1.54, 1.807) is 0 Å². The molecule has 5 nitrogen and oxygen atoms in total.